The van der Waals surface area contributed by atoms with Gasteiger partial charge in [-0.3, -0.25) is 4.79 Å². The van der Waals surface area contributed by atoms with E-state index in [2.05, 4.69) is 17.6 Å². The highest BCUT2D eigenvalue weighted by Crippen LogP contribution is 2.13. The van der Waals surface area contributed by atoms with Crippen molar-refractivity contribution < 1.29 is 19.4 Å². The molecule has 1 atom stereocenters. The van der Waals surface area contributed by atoms with Gasteiger partial charge in [0.15, 0.2) is 5.78 Å². The lowest BCUT2D eigenvalue weighted by Crippen LogP contribution is -2.42. The average molecular weight is 399 g/mol. The number of aromatic hydroxyl groups is 1. The van der Waals surface area contributed by atoms with Crippen LogP contribution in [-0.4, -0.2) is 36.1 Å². The number of ether oxygens (including phenoxy) is 1. The Hall–Kier alpha value is -2.86. The number of rotatable bonds is 12. The van der Waals surface area contributed by atoms with Gasteiger partial charge in [0.05, 0.1) is 6.04 Å². The molecule has 0 saturated carbocycles. The number of Topliss-reactive ketones (excluding diaryl/α,β-unsaturated/α-hetero) is 1. The summed E-state index contributed by atoms with van der Waals surface area (Å²) in [7, 11) is 0. The Morgan fingerprint density at radius 2 is 1.72 bits per heavy atom. The topological polar surface area (TPSA) is 87.7 Å². The van der Waals surface area contributed by atoms with Crippen molar-refractivity contribution in [1.29, 1.82) is 0 Å². The Balaban J connectivity index is 1.92. The van der Waals surface area contributed by atoms with E-state index in [9.17, 15) is 14.7 Å². The second-order valence-corrected chi connectivity index (χ2v) is 6.95. The summed E-state index contributed by atoms with van der Waals surface area (Å²) in [6, 6.07) is 15.3. The number of nitrogens with one attached hydrogen (secondary N) is 2. The predicted molar refractivity (Wildman–Crippen MR) is 113 cm³/mol. The summed E-state index contributed by atoms with van der Waals surface area (Å²) >= 11 is 0. The molecule has 0 fully saturated rings. The predicted octanol–water partition coefficient (Wildman–Crippen LogP) is 3.58. The normalized spacial score (nSPS) is 11.6. The Morgan fingerprint density at radius 1 is 1.00 bits per heavy atom. The van der Waals surface area contributed by atoms with Crippen molar-refractivity contribution >= 4 is 11.9 Å². The van der Waals surface area contributed by atoms with Crippen LogP contribution in [0.15, 0.2) is 54.6 Å². The molecule has 2 rings (SSSR count). The minimum atomic E-state index is -0.672. The molecule has 1 amide bonds. The number of hydrogen-bond donors (Lipinski definition) is 3. The first-order chi connectivity index (χ1) is 14.1. The van der Waals surface area contributed by atoms with Gasteiger partial charge in [-0.05, 0) is 55.6 Å². The zero-order chi connectivity index (χ0) is 20.9. The highest BCUT2D eigenvalue weighted by atomic mass is 16.5. The molecule has 0 aromatic heterocycles. The summed E-state index contributed by atoms with van der Waals surface area (Å²) in [5.41, 5.74) is 1.74. The van der Waals surface area contributed by atoms with Gasteiger partial charge < -0.3 is 20.5 Å². The lowest BCUT2D eigenvalue weighted by molar-refractivity contribution is -0.121. The van der Waals surface area contributed by atoms with Gasteiger partial charge in [0.25, 0.3) is 0 Å². The van der Waals surface area contributed by atoms with Crippen molar-refractivity contribution in [2.75, 3.05) is 13.1 Å². The van der Waals surface area contributed by atoms with E-state index in [4.69, 9.17) is 4.74 Å². The van der Waals surface area contributed by atoms with Crippen LogP contribution in [0.3, 0.4) is 0 Å². The molecule has 0 bridgehead atoms. The van der Waals surface area contributed by atoms with Crippen molar-refractivity contribution in [2.24, 2.45) is 0 Å². The molecule has 0 spiro atoms. The lowest BCUT2D eigenvalue weighted by atomic mass is 9.99. The van der Waals surface area contributed by atoms with E-state index in [1.807, 2.05) is 30.3 Å². The molecule has 6 nitrogen and oxygen atoms in total. The minimum absolute atomic E-state index is 0.0342. The third-order valence-corrected chi connectivity index (χ3v) is 4.47. The highest BCUT2D eigenvalue weighted by Gasteiger charge is 2.21. The van der Waals surface area contributed by atoms with Crippen LogP contribution in [0.4, 0.5) is 4.79 Å². The van der Waals surface area contributed by atoms with E-state index in [0.717, 1.165) is 30.6 Å². The Morgan fingerprint density at radius 3 is 2.41 bits per heavy atom. The maximum absolute atomic E-state index is 12.7. The molecular weight excluding hydrogens is 368 g/mol. The van der Waals surface area contributed by atoms with Gasteiger partial charge in [-0.2, -0.15) is 0 Å². The summed E-state index contributed by atoms with van der Waals surface area (Å²) in [6.45, 7) is 3.93. The Labute approximate surface area is 172 Å². The summed E-state index contributed by atoms with van der Waals surface area (Å²) in [6.07, 6.45) is 1.87. The number of phenols is 1. The molecule has 1 unspecified atom stereocenters. The van der Waals surface area contributed by atoms with Gasteiger partial charge in [-0.25, -0.2) is 4.79 Å². The molecule has 6 heteroatoms. The average Bonchev–Trinajstić information content (AvgIpc) is 2.74. The van der Waals surface area contributed by atoms with E-state index in [0.29, 0.717) is 19.3 Å². The van der Waals surface area contributed by atoms with Gasteiger partial charge in [-0.15, -0.1) is 0 Å². The van der Waals surface area contributed by atoms with Crippen molar-refractivity contribution in [3.63, 3.8) is 0 Å². The number of carbonyl (C=O) groups is 2. The molecule has 29 heavy (non-hydrogen) atoms. The monoisotopic (exact) mass is 398 g/mol. The fourth-order valence-corrected chi connectivity index (χ4v) is 2.88. The number of hydrogen-bond acceptors (Lipinski definition) is 5. The largest absolute Gasteiger partial charge is 0.508 e. The summed E-state index contributed by atoms with van der Waals surface area (Å²) < 4.78 is 5.27. The maximum Gasteiger partial charge on any atom is 0.408 e. The van der Waals surface area contributed by atoms with E-state index < -0.39 is 12.1 Å². The number of phenolic OH excluding ortho intramolecular Hbond substituents is 1. The first kappa shape index (κ1) is 22.4. The van der Waals surface area contributed by atoms with Crippen LogP contribution in [0.2, 0.25) is 0 Å². The molecule has 0 aliphatic rings. The highest BCUT2D eigenvalue weighted by molar-refractivity contribution is 5.87. The first-order valence-corrected chi connectivity index (χ1v) is 10.1. The summed E-state index contributed by atoms with van der Waals surface area (Å²) in [4.78, 5) is 25.0. The molecule has 0 aliphatic heterocycles. The second-order valence-electron chi connectivity index (χ2n) is 6.95. The summed E-state index contributed by atoms with van der Waals surface area (Å²) in [5.74, 6) is 0.127. The second kappa shape index (κ2) is 12.6. The van der Waals surface area contributed by atoms with Gasteiger partial charge in [0, 0.05) is 6.42 Å². The van der Waals surface area contributed by atoms with E-state index in [1.165, 1.54) is 0 Å². The van der Waals surface area contributed by atoms with Crippen molar-refractivity contribution in [1.82, 2.24) is 10.6 Å². The van der Waals surface area contributed by atoms with Gasteiger partial charge in [0.1, 0.15) is 12.4 Å². The SMILES string of the molecule is CCCNCCCC(=O)C(Cc1ccc(O)cc1)NC(=O)OCc1ccccc1. The molecule has 0 aliphatic carbocycles. The van der Waals surface area contributed by atoms with Crippen LogP contribution in [0.5, 0.6) is 5.75 Å². The molecule has 2 aromatic carbocycles. The van der Waals surface area contributed by atoms with Crippen LogP contribution in [-0.2, 0) is 22.6 Å². The minimum Gasteiger partial charge on any atom is -0.508 e. The molecule has 156 valence electrons. The van der Waals surface area contributed by atoms with Crippen molar-refractivity contribution in [3.05, 3.63) is 65.7 Å². The van der Waals surface area contributed by atoms with E-state index in [-0.39, 0.29) is 18.1 Å². The van der Waals surface area contributed by atoms with Crippen molar-refractivity contribution in [3.8, 4) is 5.75 Å². The molecular formula is C23H30N2O4. The summed E-state index contributed by atoms with van der Waals surface area (Å²) in [5, 5.41) is 15.4. The van der Waals surface area contributed by atoms with Gasteiger partial charge in [-0.1, -0.05) is 49.4 Å². The molecule has 0 saturated heterocycles. The van der Waals surface area contributed by atoms with Gasteiger partial charge in [0.2, 0.25) is 0 Å². The maximum atomic E-state index is 12.7. The van der Waals surface area contributed by atoms with E-state index >= 15 is 0 Å². The lowest BCUT2D eigenvalue weighted by Gasteiger charge is -2.18. The number of alkyl carbamates (subject to hydrolysis) is 1. The number of benzene rings is 2. The number of amides is 1. The molecule has 3 N–H and O–H groups in total. The van der Waals surface area contributed by atoms with Crippen molar-refractivity contribution in [2.45, 2.75) is 45.3 Å². The molecule has 0 radical (unpaired) electrons. The standard InChI is InChI=1S/C23H30N2O4/c1-2-14-24-15-6-9-22(27)21(16-18-10-12-20(26)13-11-18)25-23(28)29-17-19-7-4-3-5-8-19/h3-5,7-8,10-13,21,24,26H,2,6,9,14-17H2,1H3,(H,25,28). The van der Waals surface area contributed by atoms with Crippen LogP contribution in [0.25, 0.3) is 0 Å². The third-order valence-electron chi connectivity index (χ3n) is 4.47. The van der Waals surface area contributed by atoms with Crippen LogP contribution < -0.4 is 10.6 Å². The first-order valence-electron chi connectivity index (χ1n) is 10.1. The Bertz CT molecular complexity index is 747. The molecule has 2 aromatic rings. The zero-order valence-corrected chi connectivity index (χ0v) is 16.9. The van der Waals surface area contributed by atoms with E-state index in [1.54, 1.807) is 24.3 Å². The fourth-order valence-electron chi connectivity index (χ4n) is 2.88. The third kappa shape index (κ3) is 8.79. The Kier molecular flexibility index (Phi) is 9.72. The fraction of sp³-hybridized carbons (Fsp3) is 0.391. The van der Waals surface area contributed by atoms with Gasteiger partial charge >= 0.3 is 6.09 Å². The zero-order valence-electron chi connectivity index (χ0n) is 16.9. The van der Waals surface area contributed by atoms with Crippen LogP contribution in [0, 0.1) is 0 Å². The van der Waals surface area contributed by atoms with Crippen LogP contribution >= 0.6 is 0 Å². The number of carbonyl (C=O) groups excluding carboxylic acids is 2. The van der Waals surface area contributed by atoms with Crippen LogP contribution in [0.1, 0.15) is 37.3 Å². The molecule has 0 heterocycles. The number of ketones is 1. The quantitative estimate of drug-likeness (QED) is 0.476. The smallest absolute Gasteiger partial charge is 0.408 e.